The van der Waals surface area contributed by atoms with Crippen LogP contribution in [0, 0.1) is 0 Å². The zero-order valence-corrected chi connectivity index (χ0v) is 13.1. The second-order valence-electron chi connectivity index (χ2n) is 5.03. The van der Waals surface area contributed by atoms with Crippen LogP contribution in [0.5, 0.6) is 0 Å². The van der Waals surface area contributed by atoms with Crippen LogP contribution in [0.2, 0.25) is 5.02 Å². The van der Waals surface area contributed by atoms with Crippen molar-refractivity contribution in [3.05, 3.63) is 34.9 Å². The second-order valence-corrected chi connectivity index (χ2v) is 7.67. The highest BCUT2D eigenvalue weighted by molar-refractivity contribution is 7.91. The molecular formula is C14H16ClNO4S. The molecule has 0 aromatic heterocycles. The summed E-state index contributed by atoms with van der Waals surface area (Å²) in [5, 5.41) is 9.05. The van der Waals surface area contributed by atoms with Gasteiger partial charge in [0.25, 0.3) is 0 Å². The molecule has 2 rings (SSSR count). The van der Waals surface area contributed by atoms with Crippen molar-refractivity contribution in [2.75, 3.05) is 23.0 Å². The fraction of sp³-hybridized carbons (Fsp3) is 0.357. The molecular weight excluding hydrogens is 314 g/mol. The Morgan fingerprint density at radius 3 is 2.76 bits per heavy atom. The number of aliphatic carboxylic acids is 1. The normalized spacial score (nSPS) is 21.6. The summed E-state index contributed by atoms with van der Waals surface area (Å²) in [7, 11) is -2.96. The molecule has 21 heavy (non-hydrogen) atoms. The van der Waals surface area contributed by atoms with E-state index in [1.807, 2.05) is 17.9 Å². The SMILES string of the molecule is CC1CS(=O)(=O)CCN1c1ccc(/C=C/C(=O)O)c(Cl)c1. The van der Waals surface area contributed by atoms with E-state index in [1.165, 1.54) is 6.08 Å². The maximum Gasteiger partial charge on any atom is 0.328 e. The highest BCUT2D eigenvalue weighted by Crippen LogP contribution is 2.27. The van der Waals surface area contributed by atoms with Crippen LogP contribution >= 0.6 is 11.6 Å². The number of anilines is 1. The van der Waals surface area contributed by atoms with Crippen molar-refractivity contribution in [1.29, 1.82) is 0 Å². The number of benzene rings is 1. The lowest BCUT2D eigenvalue weighted by molar-refractivity contribution is -0.131. The third kappa shape index (κ3) is 3.98. The molecule has 114 valence electrons. The lowest BCUT2D eigenvalue weighted by Gasteiger charge is -2.35. The van der Waals surface area contributed by atoms with Crippen LogP contribution in [0.15, 0.2) is 24.3 Å². The summed E-state index contributed by atoms with van der Waals surface area (Å²) in [6.45, 7) is 2.30. The van der Waals surface area contributed by atoms with Crippen molar-refractivity contribution in [1.82, 2.24) is 0 Å². The van der Waals surface area contributed by atoms with Gasteiger partial charge in [0.1, 0.15) is 0 Å². The van der Waals surface area contributed by atoms with Crippen molar-refractivity contribution in [2.24, 2.45) is 0 Å². The molecule has 0 saturated carbocycles. The van der Waals surface area contributed by atoms with E-state index < -0.39 is 15.8 Å². The van der Waals surface area contributed by atoms with Crippen LogP contribution in [-0.4, -0.2) is 43.6 Å². The molecule has 1 atom stereocenters. The number of carboxylic acid groups (broad SMARTS) is 1. The summed E-state index contributed by atoms with van der Waals surface area (Å²) in [5.74, 6) is -0.772. The summed E-state index contributed by atoms with van der Waals surface area (Å²) in [6, 6.07) is 5.17. The van der Waals surface area contributed by atoms with E-state index in [0.717, 1.165) is 11.8 Å². The third-order valence-electron chi connectivity index (χ3n) is 3.39. The van der Waals surface area contributed by atoms with E-state index in [1.54, 1.807) is 12.1 Å². The predicted molar refractivity (Wildman–Crippen MR) is 83.6 cm³/mol. The van der Waals surface area contributed by atoms with Crippen LogP contribution in [0.3, 0.4) is 0 Å². The smallest absolute Gasteiger partial charge is 0.328 e. The number of nitrogens with zero attached hydrogens (tertiary/aromatic N) is 1. The lowest BCUT2D eigenvalue weighted by atomic mass is 10.1. The van der Waals surface area contributed by atoms with Crippen molar-refractivity contribution in [2.45, 2.75) is 13.0 Å². The topological polar surface area (TPSA) is 74.7 Å². The van der Waals surface area contributed by atoms with E-state index in [4.69, 9.17) is 16.7 Å². The average Bonchev–Trinajstić information content (AvgIpc) is 2.36. The first kappa shape index (κ1) is 15.9. The van der Waals surface area contributed by atoms with Gasteiger partial charge in [-0.05, 0) is 30.7 Å². The molecule has 1 aromatic carbocycles. The largest absolute Gasteiger partial charge is 0.478 e. The van der Waals surface area contributed by atoms with Crippen LogP contribution < -0.4 is 4.90 Å². The Kier molecular flexibility index (Phi) is 4.58. The quantitative estimate of drug-likeness (QED) is 0.859. The highest BCUT2D eigenvalue weighted by Gasteiger charge is 2.28. The van der Waals surface area contributed by atoms with Crippen molar-refractivity contribution >= 4 is 39.2 Å². The number of halogens is 1. The van der Waals surface area contributed by atoms with E-state index in [2.05, 4.69) is 0 Å². The van der Waals surface area contributed by atoms with Gasteiger partial charge in [0, 0.05) is 29.4 Å². The first-order valence-corrected chi connectivity index (χ1v) is 8.66. The molecule has 1 aliphatic rings. The van der Waals surface area contributed by atoms with E-state index in [9.17, 15) is 13.2 Å². The maximum absolute atomic E-state index is 11.6. The van der Waals surface area contributed by atoms with Gasteiger partial charge < -0.3 is 10.0 Å². The Hall–Kier alpha value is -1.53. The monoisotopic (exact) mass is 329 g/mol. The number of rotatable bonds is 3. The van der Waals surface area contributed by atoms with Gasteiger partial charge in [-0.25, -0.2) is 13.2 Å². The molecule has 0 bridgehead atoms. The molecule has 1 heterocycles. The Morgan fingerprint density at radius 1 is 1.48 bits per heavy atom. The van der Waals surface area contributed by atoms with Gasteiger partial charge in [0.2, 0.25) is 0 Å². The maximum atomic E-state index is 11.6. The molecule has 0 aliphatic carbocycles. The van der Waals surface area contributed by atoms with Crippen molar-refractivity contribution in [3.63, 3.8) is 0 Å². The molecule has 0 spiro atoms. The zero-order valence-electron chi connectivity index (χ0n) is 11.5. The van der Waals surface area contributed by atoms with Crippen molar-refractivity contribution < 1.29 is 18.3 Å². The van der Waals surface area contributed by atoms with Gasteiger partial charge in [0.15, 0.2) is 9.84 Å². The highest BCUT2D eigenvalue weighted by atomic mass is 35.5. The minimum absolute atomic E-state index is 0.111. The molecule has 1 unspecified atom stereocenters. The zero-order chi connectivity index (χ0) is 15.6. The van der Waals surface area contributed by atoms with Gasteiger partial charge >= 0.3 is 5.97 Å². The van der Waals surface area contributed by atoms with Crippen molar-refractivity contribution in [3.8, 4) is 0 Å². The molecule has 5 nitrogen and oxygen atoms in total. The fourth-order valence-corrected chi connectivity index (χ4v) is 4.17. The first-order valence-electron chi connectivity index (χ1n) is 6.46. The van der Waals surface area contributed by atoms with Gasteiger partial charge in [-0.1, -0.05) is 17.7 Å². The second kappa shape index (κ2) is 6.07. The molecule has 7 heteroatoms. The van der Waals surface area contributed by atoms with Crippen LogP contribution in [0.1, 0.15) is 12.5 Å². The van der Waals surface area contributed by atoms with E-state index in [-0.39, 0.29) is 17.5 Å². The predicted octanol–water partition coefficient (Wildman–Crippen LogP) is 2.06. The molecule has 1 aromatic rings. The molecule has 0 amide bonds. The van der Waals surface area contributed by atoms with Gasteiger partial charge in [-0.15, -0.1) is 0 Å². The Labute approximate surface area is 128 Å². The van der Waals surface area contributed by atoms with E-state index >= 15 is 0 Å². The minimum Gasteiger partial charge on any atom is -0.478 e. The number of hydrogen-bond donors (Lipinski definition) is 1. The van der Waals surface area contributed by atoms with Gasteiger partial charge in [-0.2, -0.15) is 0 Å². The number of carbonyl (C=O) groups is 1. The minimum atomic E-state index is -2.96. The van der Waals surface area contributed by atoms with Crippen LogP contribution in [0.25, 0.3) is 6.08 Å². The van der Waals surface area contributed by atoms with Crippen LogP contribution in [-0.2, 0) is 14.6 Å². The number of hydrogen-bond acceptors (Lipinski definition) is 4. The fourth-order valence-electron chi connectivity index (χ4n) is 2.37. The Bertz CT molecular complexity index is 684. The molecule has 0 radical (unpaired) electrons. The molecule has 1 N–H and O–H groups in total. The summed E-state index contributed by atoms with van der Waals surface area (Å²) in [5.41, 5.74) is 1.45. The van der Waals surface area contributed by atoms with Gasteiger partial charge in [0.05, 0.1) is 11.5 Å². The first-order chi connectivity index (χ1) is 9.78. The molecule has 1 aliphatic heterocycles. The van der Waals surface area contributed by atoms with Gasteiger partial charge in [-0.3, -0.25) is 0 Å². The molecule has 1 saturated heterocycles. The average molecular weight is 330 g/mol. The Balaban J connectivity index is 2.22. The van der Waals surface area contributed by atoms with Crippen LogP contribution in [0.4, 0.5) is 5.69 Å². The summed E-state index contributed by atoms with van der Waals surface area (Å²) in [6.07, 6.45) is 2.45. The number of carboxylic acids is 1. The summed E-state index contributed by atoms with van der Waals surface area (Å²) >= 11 is 6.15. The summed E-state index contributed by atoms with van der Waals surface area (Å²) in [4.78, 5) is 12.5. The standard InChI is InChI=1S/C14H16ClNO4S/c1-10-9-21(19,20)7-6-16(10)12-4-2-11(13(15)8-12)3-5-14(17)18/h2-5,8,10H,6-7,9H2,1H3,(H,17,18)/b5-3+. The summed E-state index contributed by atoms with van der Waals surface area (Å²) < 4.78 is 23.2. The Morgan fingerprint density at radius 2 is 2.19 bits per heavy atom. The lowest BCUT2D eigenvalue weighted by Crippen LogP contribution is -2.47. The third-order valence-corrected chi connectivity index (χ3v) is 5.51. The van der Waals surface area contributed by atoms with E-state index in [0.29, 0.717) is 17.1 Å². The number of sulfone groups is 1. The molecule has 1 fully saturated rings.